The SMILES string of the molecule is NC(=O)C(OC(=O)c1csc(-c2cccs2)n1)c1ccccc1. The van der Waals surface area contributed by atoms with Crippen molar-refractivity contribution in [1.29, 1.82) is 0 Å². The summed E-state index contributed by atoms with van der Waals surface area (Å²) in [7, 11) is 0. The van der Waals surface area contributed by atoms with Gasteiger partial charge in [0, 0.05) is 10.9 Å². The molecule has 23 heavy (non-hydrogen) atoms. The summed E-state index contributed by atoms with van der Waals surface area (Å²) >= 11 is 2.89. The van der Waals surface area contributed by atoms with Gasteiger partial charge in [0.1, 0.15) is 5.01 Å². The molecule has 7 heteroatoms. The quantitative estimate of drug-likeness (QED) is 0.720. The lowest BCUT2D eigenvalue weighted by molar-refractivity contribution is -0.127. The molecule has 1 atom stereocenters. The van der Waals surface area contributed by atoms with Crippen molar-refractivity contribution in [2.24, 2.45) is 5.73 Å². The molecule has 1 unspecified atom stereocenters. The van der Waals surface area contributed by atoms with E-state index in [4.69, 9.17) is 10.5 Å². The molecule has 3 rings (SSSR count). The fourth-order valence-electron chi connectivity index (χ4n) is 1.97. The lowest BCUT2D eigenvalue weighted by atomic mass is 10.1. The average molecular weight is 344 g/mol. The number of aromatic nitrogens is 1. The summed E-state index contributed by atoms with van der Waals surface area (Å²) in [5.74, 6) is -1.39. The van der Waals surface area contributed by atoms with E-state index in [1.165, 1.54) is 22.7 Å². The van der Waals surface area contributed by atoms with Gasteiger partial charge < -0.3 is 10.5 Å². The van der Waals surface area contributed by atoms with Crippen molar-refractivity contribution in [3.05, 3.63) is 64.5 Å². The third-order valence-electron chi connectivity index (χ3n) is 3.03. The topological polar surface area (TPSA) is 82.3 Å². The fourth-order valence-corrected chi connectivity index (χ4v) is 3.57. The van der Waals surface area contributed by atoms with E-state index in [-0.39, 0.29) is 5.69 Å². The minimum atomic E-state index is -1.13. The van der Waals surface area contributed by atoms with E-state index in [9.17, 15) is 9.59 Å². The third kappa shape index (κ3) is 3.46. The van der Waals surface area contributed by atoms with Crippen molar-refractivity contribution in [3.63, 3.8) is 0 Å². The van der Waals surface area contributed by atoms with E-state index in [0.717, 1.165) is 9.88 Å². The second-order valence-electron chi connectivity index (χ2n) is 4.61. The first-order valence-electron chi connectivity index (χ1n) is 6.70. The van der Waals surface area contributed by atoms with Crippen molar-refractivity contribution in [1.82, 2.24) is 4.98 Å². The summed E-state index contributed by atoms with van der Waals surface area (Å²) in [6.45, 7) is 0. The standard InChI is InChI=1S/C16H12N2O3S2/c17-14(19)13(10-5-2-1-3-6-10)21-16(20)11-9-23-15(18-11)12-7-4-8-22-12/h1-9,13H,(H2,17,19). The number of rotatable bonds is 5. The molecule has 116 valence electrons. The number of benzene rings is 1. The number of amides is 1. The molecule has 1 aromatic carbocycles. The molecule has 3 aromatic rings. The molecule has 0 bridgehead atoms. The van der Waals surface area contributed by atoms with Crippen LogP contribution in [0.25, 0.3) is 9.88 Å². The van der Waals surface area contributed by atoms with E-state index in [2.05, 4.69) is 4.98 Å². The van der Waals surface area contributed by atoms with Gasteiger partial charge in [-0.15, -0.1) is 22.7 Å². The predicted molar refractivity (Wildman–Crippen MR) is 89.2 cm³/mol. The molecule has 5 nitrogen and oxygen atoms in total. The highest BCUT2D eigenvalue weighted by atomic mass is 32.1. The second kappa shape index (κ2) is 6.72. The monoisotopic (exact) mass is 344 g/mol. The summed E-state index contributed by atoms with van der Waals surface area (Å²) in [5, 5.41) is 4.29. The van der Waals surface area contributed by atoms with Crippen LogP contribution in [0.3, 0.4) is 0 Å². The van der Waals surface area contributed by atoms with Crippen molar-refractivity contribution < 1.29 is 14.3 Å². The van der Waals surface area contributed by atoms with Gasteiger partial charge >= 0.3 is 5.97 Å². The van der Waals surface area contributed by atoms with Crippen molar-refractivity contribution in [3.8, 4) is 9.88 Å². The Labute approximate surface area is 140 Å². The number of primary amides is 1. The molecule has 0 radical (unpaired) electrons. The molecule has 2 aromatic heterocycles. The van der Waals surface area contributed by atoms with E-state index in [1.54, 1.807) is 35.7 Å². The highest BCUT2D eigenvalue weighted by molar-refractivity contribution is 7.20. The van der Waals surface area contributed by atoms with Gasteiger partial charge in [0.05, 0.1) is 4.88 Å². The number of carbonyl (C=O) groups excluding carboxylic acids is 2. The molecule has 2 heterocycles. The Bertz CT molecular complexity index is 813. The van der Waals surface area contributed by atoms with Crippen molar-refractivity contribution in [2.45, 2.75) is 6.10 Å². The Morgan fingerprint density at radius 3 is 2.52 bits per heavy atom. The predicted octanol–water partition coefficient (Wildman–Crippen LogP) is 3.26. The molecule has 0 saturated carbocycles. The molecule has 0 aliphatic carbocycles. The number of hydrogen-bond acceptors (Lipinski definition) is 6. The highest BCUT2D eigenvalue weighted by Gasteiger charge is 2.24. The largest absolute Gasteiger partial charge is 0.443 e. The van der Waals surface area contributed by atoms with Crippen LogP contribution in [-0.4, -0.2) is 16.9 Å². The highest BCUT2D eigenvalue weighted by Crippen LogP contribution is 2.28. The molecule has 2 N–H and O–H groups in total. The van der Waals surface area contributed by atoms with Crippen LogP contribution in [0.2, 0.25) is 0 Å². The Morgan fingerprint density at radius 2 is 1.87 bits per heavy atom. The number of nitrogens with zero attached hydrogens (tertiary/aromatic N) is 1. The van der Waals surface area contributed by atoms with Crippen LogP contribution in [0.15, 0.2) is 53.2 Å². The van der Waals surface area contributed by atoms with Gasteiger partial charge in [-0.05, 0) is 11.4 Å². The first-order chi connectivity index (χ1) is 11.1. The summed E-state index contributed by atoms with van der Waals surface area (Å²) in [4.78, 5) is 29.1. The van der Waals surface area contributed by atoms with Gasteiger partial charge in [-0.25, -0.2) is 9.78 Å². The third-order valence-corrected chi connectivity index (χ3v) is 4.91. The zero-order valence-corrected chi connectivity index (χ0v) is 13.5. The van der Waals surface area contributed by atoms with Gasteiger partial charge in [-0.3, -0.25) is 4.79 Å². The Hall–Kier alpha value is -2.51. The number of thiophene rings is 1. The summed E-state index contributed by atoms with van der Waals surface area (Å²) in [6, 6.07) is 12.5. The Morgan fingerprint density at radius 1 is 1.09 bits per heavy atom. The molecule has 0 saturated heterocycles. The van der Waals surface area contributed by atoms with E-state index < -0.39 is 18.0 Å². The lowest BCUT2D eigenvalue weighted by Gasteiger charge is -2.14. The number of ether oxygens (including phenoxy) is 1. The minimum absolute atomic E-state index is 0.167. The molecule has 0 fully saturated rings. The van der Waals surface area contributed by atoms with Crippen LogP contribution in [0.1, 0.15) is 22.2 Å². The van der Waals surface area contributed by atoms with E-state index in [1.807, 2.05) is 17.5 Å². The Kier molecular flexibility index (Phi) is 4.50. The number of hydrogen-bond donors (Lipinski definition) is 1. The fraction of sp³-hybridized carbons (Fsp3) is 0.0625. The summed E-state index contributed by atoms with van der Waals surface area (Å²) < 4.78 is 5.25. The van der Waals surface area contributed by atoms with Gasteiger partial charge in [0.25, 0.3) is 5.91 Å². The maximum atomic E-state index is 12.2. The van der Waals surface area contributed by atoms with Crippen LogP contribution >= 0.6 is 22.7 Å². The number of nitrogens with two attached hydrogens (primary N) is 1. The van der Waals surface area contributed by atoms with E-state index in [0.29, 0.717) is 5.56 Å². The Balaban J connectivity index is 1.79. The zero-order valence-electron chi connectivity index (χ0n) is 11.8. The van der Waals surface area contributed by atoms with E-state index >= 15 is 0 Å². The molecule has 0 aliphatic heterocycles. The number of esters is 1. The van der Waals surface area contributed by atoms with Crippen LogP contribution in [-0.2, 0) is 9.53 Å². The molecule has 0 aliphatic rings. The number of carbonyl (C=O) groups is 2. The lowest BCUT2D eigenvalue weighted by Crippen LogP contribution is -2.26. The molecule has 0 spiro atoms. The normalized spacial score (nSPS) is 11.8. The average Bonchev–Trinajstić information content (AvgIpc) is 3.23. The molecular weight excluding hydrogens is 332 g/mol. The van der Waals surface area contributed by atoms with Crippen LogP contribution < -0.4 is 5.73 Å². The van der Waals surface area contributed by atoms with Crippen LogP contribution in [0.5, 0.6) is 0 Å². The maximum absolute atomic E-state index is 12.2. The zero-order chi connectivity index (χ0) is 16.2. The van der Waals surface area contributed by atoms with Crippen molar-refractivity contribution in [2.75, 3.05) is 0 Å². The maximum Gasteiger partial charge on any atom is 0.358 e. The van der Waals surface area contributed by atoms with Crippen LogP contribution in [0, 0.1) is 0 Å². The van der Waals surface area contributed by atoms with Gasteiger partial charge in [0.2, 0.25) is 6.10 Å². The first-order valence-corrected chi connectivity index (χ1v) is 8.45. The molecule has 1 amide bonds. The van der Waals surface area contributed by atoms with Gasteiger partial charge in [0.15, 0.2) is 5.69 Å². The van der Waals surface area contributed by atoms with Gasteiger partial charge in [-0.2, -0.15) is 0 Å². The van der Waals surface area contributed by atoms with Crippen LogP contribution in [0.4, 0.5) is 0 Å². The smallest absolute Gasteiger partial charge is 0.358 e. The van der Waals surface area contributed by atoms with Gasteiger partial charge in [-0.1, -0.05) is 36.4 Å². The second-order valence-corrected chi connectivity index (χ2v) is 6.42. The number of thiazole rings is 1. The summed E-state index contributed by atoms with van der Waals surface area (Å²) in [5.41, 5.74) is 6.04. The van der Waals surface area contributed by atoms with Crippen molar-refractivity contribution >= 4 is 34.6 Å². The molecular formula is C16H12N2O3S2. The minimum Gasteiger partial charge on any atom is -0.443 e. The summed E-state index contributed by atoms with van der Waals surface area (Å²) in [6.07, 6.45) is -1.13. The first kappa shape index (κ1) is 15.4.